The highest BCUT2D eigenvalue weighted by atomic mass is 32.2. The Morgan fingerprint density at radius 3 is 2.78 bits per heavy atom. The van der Waals surface area contributed by atoms with Gasteiger partial charge >= 0.3 is 11.9 Å². The molecule has 2 unspecified atom stereocenters. The molecular weight excluding hydrogens is 432 g/mol. The molecule has 0 amide bonds. The van der Waals surface area contributed by atoms with E-state index >= 15 is 0 Å². The second-order valence-electron chi connectivity index (χ2n) is 7.16. The molecule has 10 heteroatoms. The van der Waals surface area contributed by atoms with E-state index in [2.05, 4.69) is 15.0 Å². The molecule has 1 aliphatic rings. The van der Waals surface area contributed by atoms with Gasteiger partial charge in [-0.25, -0.2) is 0 Å². The predicted molar refractivity (Wildman–Crippen MR) is 120 cm³/mol. The van der Waals surface area contributed by atoms with Crippen LogP contribution in [0, 0.1) is 5.92 Å². The van der Waals surface area contributed by atoms with Gasteiger partial charge in [0, 0.05) is 23.7 Å². The number of methoxy groups -OCH3 is 1. The second-order valence-corrected chi connectivity index (χ2v) is 8.29. The minimum Gasteiger partial charge on any atom is -0.468 e. The summed E-state index contributed by atoms with van der Waals surface area (Å²) in [4.78, 5) is 43.5. The first-order valence-corrected chi connectivity index (χ1v) is 11.0. The number of Topliss-reactive ketones (excluding diaryl/α,β-unsaturated/α-hetero) is 1. The Kier molecular flexibility index (Phi) is 7.86. The molecule has 1 heterocycles. The smallest absolute Gasteiger partial charge is 0.315 e. The summed E-state index contributed by atoms with van der Waals surface area (Å²) in [6, 6.07) is 8.93. The fourth-order valence-electron chi connectivity index (χ4n) is 3.75. The van der Waals surface area contributed by atoms with E-state index in [1.807, 2.05) is 12.1 Å². The summed E-state index contributed by atoms with van der Waals surface area (Å²) in [5, 5.41) is 3.25. The molecule has 0 fully saturated rings. The molecule has 0 N–H and O–H groups in total. The summed E-state index contributed by atoms with van der Waals surface area (Å²) in [6.07, 6.45) is 2.50. The van der Waals surface area contributed by atoms with Gasteiger partial charge in [0.05, 0.1) is 24.7 Å². The van der Waals surface area contributed by atoms with Gasteiger partial charge in [0.25, 0.3) is 0 Å². The van der Waals surface area contributed by atoms with Crippen molar-refractivity contribution in [1.29, 1.82) is 0 Å². The lowest BCUT2D eigenvalue weighted by Gasteiger charge is -2.32. The molecule has 1 aromatic carbocycles. The van der Waals surface area contributed by atoms with Gasteiger partial charge in [0.1, 0.15) is 5.69 Å². The number of fused-ring (bicyclic) bond motifs is 1. The Labute approximate surface area is 189 Å². The van der Waals surface area contributed by atoms with E-state index in [9.17, 15) is 14.4 Å². The number of hydrogen-bond acceptors (Lipinski definition) is 8. The molecule has 166 valence electrons. The maximum absolute atomic E-state index is 13.4. The number of thioether (sulfide) groups is 1. The number of carbonyl (C=O) groups is 3. The van der Waals surface area contributed by atoms with Crippen molar-refractivity contribution in [3.63, 3.8) is 0 Å². The van der Waals surface area contributed by atoms with Gasteiger partial charge in [0.15, 0.2) is 5.78 Å². The highest BCUT2D eigenvalue weighted by molar-refractivity contribution is 8.01. The molecule has 1 aromatic heterocycles. The number of rotatable bonds is 8. The molecule has 9 nitrogen and oxygen atoms in total. The van der Waals surface area contributed by atoms with Gasteiger partial charge in [-0.3, -0.25) is 19.4 Å². The minimum absolute atomic E-state index is 0.0334. The molecule has 0 aliphatic heterocycles. The minimum atomic E-state index is -0.521. The second kappa shape index (κ2) is 10.8. The first-order chi connectivity index (χ1) is 15.5. The van der Waals surface area contributed by atoms with Crippen molar-refractivity contribution < 1.29 is 23.9 Å². The van der Waals surface area contributed by atoms with Gasteiger partial charge in [-0.05, 0) is 47.0 Å². The lowest BCUT2D eigenvalue weighted by Crippen LogP contribution is -2.37. The Balaban J connectivity index is 2.01. The molecule has 32 heavy (non-hydrogen) atoms. The van der Waals surface area contributed by atoms with Crippen molar-refractivity contribution in [2.24, 2.45) is 11.0 Å². The zero-order valence-electron chi connectivity index (χ0n) is 17.7. The Bertz CT molecular complexity index is 1080. The van der Waals surface area contributed by atoms with Crippen LogP contribution in [-0.4, -0.2) is 47.4 Å². The van der Waals surface area contributed by atoms with Crippen LogP contribution in [0.25, 0.3) is 21.6 Å². The molecule has 2 atom stereocenters. The quantitative estimate of drug-likeness (QED) is 0.252. The Hall–Kier alpha value is -3.36. The number of ketones is 1. The van der Waals surface area contributed by atoms with Crippen molar-refractivity contribution in [3.8, 4) is 11.1 Å². The first-order valence-electron chi connectivity index (χ1n) is 9.94. The van der Waals surface area contributed by atoms with Crippen LogP contribution >= 0.6 is 11.8 Å². The van der Waals surface area contributed by atoms with Crippen molar-refractivity contribution in [1.82, 2.24) is 4.98 Å². The molecular formula is C22H22N4O5S. The van der Waals surface area contributed by atoms with Gasteiger partial charge in [-0.1, -0.05) is 29.4 Å². The van der Waals surface area contributed by atoms with E-state index in [1.165, 1.54) is 25.8 Å². The number of carbonyl (C=O) groups excluding carboxylic acids is 3. The normalized spacial score (nSPS) is 17.1. The zero-order valence-corrected chi connectivity index (χ0v) is 18.5. The molecule has 0 spiro atoms. The van der Waals surface area contributed by atoms with E-state index in [0.717, 1.165) is 11.1 Å². The summed E-state index contributed by atoms with van der Waals surface area (Å²) in [5.41, 5.74) is 11.9. The van der Waals surface area contributed by atoms with Crippen LogP contribution in [0.5, 0.6) is 0 Å². The predicted octanol–water partition coefficient (Wildman–Crippen LogP) is 4.27. The molecule has 0 saturated heterocycles. The highest BCUT2D eigenvalue weighted by Crippen LogP contribution is 2.40. The monoisotopic (exact) mass is 454 g/mol. The van der Waals surface area contributed by atoms with Crippen LogP contribution in [0.15, 0.2) is 41.6 Å². The van der Waals surface area contributed by atoms with Crippen molar-refractivity contribution in [3.05, 3.63) is 58.2 Å². The molecule has 0 bridgehead atoms. The maximum atomic E-state index is 13.4. The lowest BCUT2D eigenvalue weighted by molar-refractivity contribution is -0.141. The van der Waals surface area contributed by atoms with Gasteiger partial charge in [-0.15, -0.1) is 11.8 Å². The average molecular weight is 455 g/mol. The van der Waals surface area contributed by atoms with Crippen LogP contribution in [0.2, 0.25) is 0 Å². The summed E-state index contributed by atoms with van der Waals surface area (Å²) >= 11 is 1.21. The third kappa shape index (κ3) is 5.27. The summed E-state index contributed by atoms with van der Waals surface area (Å²) in [5.74, 6) is -1.14. The van der Waals surface area contributed by atoms with Crippen molar-refractivity contribution in [2.75, 3.05) is 19.5 Å². The number of ether oxygens (including phenoxy) is 2. The molecule has 3 rings (SSSR count). The fourth-order valence-corrected chi connectivity index (χ4v) is 4.96. The molecule has 0 saturated carbocycles. The van der Waals surface area contributed by atoms with E-state index in [0.29, 0.717) is 29.8 Å². The largest absolute Gasteiger partial charge is 0.468 e. The SMILES string of the molecule is COC(=O)CSC1C(=O)c2nccc(-c3ccccc3N=[N+]=[N-])c2CC1CCOC(C)=O. The zero-order chi connectivity index (χ0) is 23.1. The topological polar surface area (TPSA) is 131 Å². The highest BCUT2D eigenvalue weighted by Gasteiger charge is 2.38. The third-order valence-corrected chi connectivity index (χ3v) is 6.55. The standard InChI is InChI=1S/C22H22N4O5S/c1-13(27)31-10-8-14-11-17-15(16-5-3-4-6-18(16)25-26-23)7-9-24-20(17)21(29)22(14)32-12-19(28)30-2/h3-7,9,14,22H,8,10-12H2,1-2H3. The maximum Gasteiger partial charge on any atom is 0.315 e. The molecule has 2 aromatic rings. The van der Waals surface area contributed by atoms with Gasteiger partial charge in [-0.2, -0.15) is 0 Å². The van der Waals surface area contributed by atoms with Gasteiger partial charge in [0.2, 0.25) is 0 Å². The number of pyridine rings is 1. The number of nitrogens with zero attached hydrogens (tertiary/aromatic N) is 4. The first kappa shape index (κ1) is 23.3. The molecule has 0 radical (unpaired) electrons. The summed E-state index contributed by atoms with van der Waals surface area (Å²) < 4.78 is 9.82. The number of hydrogen-bond donors (Lipinski definition) is 0. The number of benzene rings is 1. The average Bonchev–Trinajstić information content (AvgIpc) is 2.78. The Morgan fingerprint density at radius 1 is 1.28 bits per heavy atom. The summed E-state index contributed by atoms with van der Waals surface area (Å²) in [6.45, 7) is 1.50. The van der Waals surface area contributed by atoms with Gasteiger partial charge < -0.3 is 9.47 Å². The van der Waals surface area contributed by atoms with Crippen LogP contribution in [0.3, 0.4) is 0 Å². The third-order valence-electron chi connectivity index (χ3n) is 5.19. The number of azide groups is 1. The van der Waals surface area contributed by atoms with Crippen molar-refractivity contribution >= 4 is 35.2 Å². The summed E-state index contributed by atoms with van der Waals surface area (Å²) in [7, 11) is 1.30. The van der Waals surface area contributed by atoms with Crippen LogP contribution in [-0.2, 0) is 25.5 Å². The lowest BCUT2D eigenvalue weighted by atomic mass is 9.80. The molecule has 1 aliphatic carbocycles. The van der Waals surface area contributed by atoms with E-state index in [4.69, 9.17) is 15.0 Å². The van der Waals surface area contributed by atoms with Crippen LogP contribution in [0.4, 0.5) is 5.69 Å². The van der Waals surface area contributed by atoms with Crippen molar-refractivity contribution in [2.45, 2.75) is 25.0 Å². The van der Waals surface area contributed by atoms with E-state index < -0.39 is 17.2 Å². The fraction of sp³-hybridized carbons (Fsp3) is 0.364. The van der Waals surface area contributed by atoms with E-state index in [1.54, 1.807) is 24.4 Å². The van der Waals surface area contributed by atoms with Crippen LogP contribution in [0.1, 0.15) is 29.4 Å². The number of esters is 2. The van der Waals surface area contributed by atoms with Crippen LogP contribution < -0.4 is 0 Å². The van der Waals surface area contributed by atoms with E-state index in [-0.39, 0.29) is 24.1 Å². The Morgan fingerprint density at radius 2 is 2.06 bits per heavy atom. The number of aromatic nitrogens is 1.